The Balaban J connectivity index is 1.93. The van der Waals surface area contributed by atoms with Crippen molar-refractivity contribution in [1.29, 1.82) is 0 Å². The second kappa shape index (κ2) is 7.70. The molecular weight excluding hydrogens is 378 g/mol. The molecule has 0 saturated heterocycles. The number of hydrogen-bond donors (Lipinski definition) is 3. The fourth-order valence-corrected chi connectivity index (χ4v) is 3.23. The number of nitrogens with zero attached hydrogens (tertiary/aromatic N) is 1. The lowest BCUT2D eigenvalue weighted by molar-refractivity contribution is -0.123. The molecule has 10 heteroatoms. The van der Waals surface area contributed by atoms with Gasteiger partial charge < -0.3 is 15.6 Å². The maximum atomic E-state index is 13.3. The zero-order valence-corrected chi connectivity index (χ0v) is 14.7. The molecule has 0 radical (unpaired) electrons. The molecule has 27 heavy (non-hydrogen) atoms. The van der Waals surface area contributed by atoms with E-state index in [1.165, 1.54) is 11.8 Å². The number of nitrogens with one attached hydrogen (secondary N) is 3. The highest BCUT2D eigenvalue weighted by Gasteiger charge is 2.34. The smallest absolute Gasteiger partial charge is 0.257 e. The van der Waals surface area contributed by atoms with Crippen LogP contribution in [0.1, 0.15) is 17.9 Å². The van der Waals surface area contributed by atoms with E-state index in [4.69, 9.17) is 0 Å². The Morgan fingerprint density at radius 2 is 2.04 bits per heavy atom. The molecule has 0 bridgehead atoms. The highest BCUT2D eigenvalue weighted by molar-refractivity contribution is 7.99. The Kier molecular flexibility index (Phi) is 5.36. The van der Waals surface area contributed by atoms with Gasteiger partial charge in [-0.2, -0.15) is 0 Å². The van der Waals surface area contributed by atoms with Gasteiger partial charge in [-0.25, -0.2) is 13.8 Å². The molecule has 0 fully saturated rings. The van der Waals surface area contributed by atoms with E-state index in [0.29, 0.717) is 11.8 Å². The highest BCUT2D eigenvalue weighted by atomic mass is 32.2. The molecule has 1 aromatic heterocycles. The molecule has 1 unspecified atom stereocenters. The van der Waals surface area contributed by atoms with E-state index in [0.717, 1.165) is 12.1 Å². The van der Waals surface area contributed by atoms with Crippen LogP contribution in [-0.2, 0) is 9.59 Å². The van der Waals surface area contributed by atoms with Crippen LogP contribution in [0, 0.1) is 11.6 Å². The van der Waals surface area contributed by atoms with Crippen molar-refractivity contribution in [2.75, 3.05) is 16.4 Å². The quantitative estimate of drug-likeness (QED) is 0.412. The minimum Gasteiger partial charge on any atom is -0.325 e. The van der Waals surface area contributed by atoms with E-state index in [1.807, 2.05) is 0 Å². The van der Waals surface area contributed by atoms with Crippen molar-refractivity contribution in [3.63, 3.8) is 0 Å². The molecule has 0 spiro atoms. The number of hydrogen-bond acceptors (Lipinski definition) is 5. The number of carbonyl (C=O) groups is 2. The third kappa shape index (κ3) is 4.22. The average Bonchev–Trinajstić information content (AvgIpc) is 2.57. The van der Waals surface area contributed by atoms with E-state index < -0.39 is 34.9 Å². The van der Waals surface area contributed by atoms with Crippen LogP contribution in [-0.4, -0.2) is 27.5 Å². The van der Waals surface area contributed by atoms with E-state index in [1.54, 1.807) is 6.08 Å². The monoisotopic (exact) mass is 392 g/mol. The zero-order valence-electron chi connectivity index (χ0n) is 13.8. The first-order valence-corrected chi connectivity index (χ1v) is 8.80. The third-order valence-corrected chi connectivity index (χ3v) is 4.58. The van der Waals surface area contributed by atoms with Crippen molar-refractivity contribution >= 4 is 35.1 Å². The molecule has 2 heterocycles. The molecule has 3 N–H and O–H groups in total. The first kappa shape index (κ1) is 18.8. The van der Waals surface area contributed by atoms with E-state index in [9.17, 15) is 23.2 Å². The molecule has 0 saturated carbocycles. The molecule has 2 amide bonds. The summed E-state index contributed by atoms with van der Waals surface area (Å²) in [5.41, 5.74) is -0.698. The molecule has 2 aromatic rings. The molecule has 7 nitrogen and oxygen atoms in total. The van der Waals surface area contributed by atoms with Crippen LogP contribution in [0.25, 0.3) is 0 Å². The predicted octanol–water partition coefficient (Wildman–Crippen LogP) is 2.39. The van der Waals surface area contributed by atoms with Crippen LogP contribution in [0.4, 0.5) is 20.3 Å². The van der Waals surface area contributed by atoms with Gasteiger partial charge in [-0.3, -0.25) is 14.4 Å². The number of H-pyrrole nitrogens is 1. The van der Waals surface area contributed by atoms with Gasteiger partial charge in [0.15, 0.2) is 5.16 Å². The summed E-state index contributed by atoms with van der Waals surface area (Å²) in [5.74, 6) is -3.63. The number of benzene rings is 1. The number of thioether (sulfide) groups is 1. The lowest BCUT2D eigenvalue weighted by atomic mass is 9.92. The summed E-state index contributed by atoms with van der Waals surface area (Å²) in [5, 5.41) is 5.08. The summed E-state index contributed by atoms with van der Waals surface area (Å²) >= 11 is 1.20. The van der Waals surface area contributed by atoms with Crippen molar-refractivity contribution in [2.24, 2.45) is 0 Å². The van der Waals surface area contributed by atoms with Crippen LogP contribution >= 0.6 is 11.8 Å². The molecule has 140 valence electrons. The van der Waals surface area contributed by atoms with Gasteiger partial charge in [0.05, 0.1) is 11.5 Å². The van der Waals surface area contributed by atoms with Gasteiger partial charge in [0.25, 0.3) is 5.56 Å². The Morgan fingerprint density at radius 3 is 2.70 bits per heavy atom. The van der Waals surface area contributed by atoms with Gasteiger partial charge in [-0.15, -0.1) is 6.58 Å². The zero-order chi connectivity index (χ0) is 19.6. The normalized spacial score (nSPS) is 15.6. The first-order valence-electron chi connectivity index (χ1n) is 7.82. The van der Waals surface area contributed by atoms with E-state index >= 15 is 0 Å². The van der Waals surface area contributed by atoms with E-state index in [-0.39, 0.29) is 28.6 Å². The van der Waals surface area contributed by atoms with Crippen molar-refractivity contribution < 1.29 is 18.4 Å². The molecule has 1 aromatic carbocycles. The Bertz CT molecular complexity index is 972. The fraction of sp³-hybridized carbons (Fsp3) is 0.176. The van der Waals surface area contributed by atoms with Crippen molar-refractivity contribution in [3.05, 3.63) is 58.4 Å². The summed E-state index contributed by atoms with van der Waals surface area (Å²) in [4.78, 5) is 43.7. The Labute approximate surface area is 156 Å². The summed E-state index contributed by atoms with van der Waals surface area (Å²) in [6.45, 7) is 3.57. The molecule has 0 aliphatic carbocycles. The number of halogens is 2. The second-order valence-electron chi connectivity index (χ2n) is 5.69. The average molecular weight is 392 g/mol. The first-order chi connectivity index (χ1) is 12.9. The van der Waals surface area contributed by atoms with Crippen LogP contribution in [0.3, 0.4) is 0 Å². The number of carbonyl (C=O) groups excluding carboxylic acids is 2. The van der Waals surface area contributed by atoms with Gasteiger partial charge in [-0.1, -0.05) is 17.8 Å². The second-order valence-corrected chi connectivity index (χ2v) is 6.69. The highest BCUT2D eigenvalue weighted by Crippen LogP contribution is 2.30. The number of rotatable bonds is 5. The lowest BCUT2D eigenvalue weighted by Gasteiger charge is -2.23. The van der Waals surface area contributed by atoms with Crippen molar-refractivity contribution in [3.8, 4) is 0 Å². The maximum absolute atomic E-state index is 13.3. The molecule has 3 rings (SSSR count). The summed E-state index contributed by atoms with van der Waals surface area (Å²) < 4.78 is 26.6. The minimum atomic E-state index is -1.14. The fourth-order valence-electron chi connectivity index (χ4n) is 2.64. The van der Waals surface area contributed by atoms with Gasteiger partial charge in [0, 0.05) is 23.9 Å². The topological polar surface area (TPSA) is 104 Å². The number of anilines is 2. The number of amides is 2. The number of aromatic nitrogens is 2. The molecule has 1 aliphatic heterocycles. The number of aromatic amines is 1. The van der Waals surface area contributed by atoms with Crippen LogP contribution in [0.15, 0.2) is 40.8 Å². The van der Waals surface area contributed by atoms with Crippen molar-refractivity contribution in [1.82, 2.24) is 9.97 Å². The van der Waals surface area contributed by atoms with Crippen LogP contribution in [0.5, 0.6) is 0 Å². The molecule has 1 atom stereocenters. The summed E-state index contributed by atoms with van der Waals surface area (Å²) in [6, 6.07) is 2.53. The standard InChI is InChI=1S/C17H14F2N4O3S/c1-2-3-27-17-22-14-13(16(26)23-17)11(7-12(24)21-14)15(25)20-10-5-8(18)4-9(19)6-10/h2,4-6,11H,1,3,7H2,(H,20,25)(H2,21,22,23,24,26). The largest absolute Gasteiger partial charge is 0.325 e. The number of fused-ring (bicyclic) bond motifs is 1. The van der Waals surface area contributed by atoms with Gasteiger partial charge >= 0.3 is 0 Å². The molecule has 1 aliphatic rings. The maximum Gasteiger partial charge on any atom is 0.257 e. The van der Waals surface area contributed by atoms with Gasteiger partial charge in [0.1, 0.15) is 17.5 Å². The van der Waals surface area contributed by atoms with E-state index in [2.05, 4.69) is 27.2 Å². The lowest BCUT2D eigenvalue weighted by Crippen LogP contribution is -2.36. The SMILES string of the molecule is C=CCSc1nc2c(c(=O)[nH]1)C(C(=O)Nc1cc(F)cc(F)c1)CC(=O)N2. The van der Waals surface area contributed by atoms with Crippen LogP contribution in [0.2, 0.25) is 0 Å². The Hall–Kier alpha value is -3.01. The molecular formula is C17H14F2N4O3S. The van der Waals surface area contributed by atoms with Gasteiger partial charge in [0.2, 0.25) is 11.8 Å². The predicted molar refractivity (Wildman–Crippen MR) is 96.8 cm³/mol. The summed E-state index contributed by atoms with van der Waals surface area (Å²) in [7, 11) is 0. The summed E-state index contributed by atoms with van der Waals surface area (Å²) in [6.07, 6.45) is 1.33. The van der Waals surface area contributed by atoms with Crippen LogP contribution < -0.4 is 16.2 Å². The van der Waals surface area contributed by atoms with Gasteiger partial charge in [-0.05, 0) is 12.1 Å². The minimum absolute atomic E-state index is 0.00728. The third-order valence-electron chi connectivity index (χ3n) is 3.71. The van der Waals surface area contributed by atoms with Crippen molar-refractivity contribution in [2.45, 2.75) is 17.5 Å². The Morgan fingerprint density at radius 1 is 1.33 bits per heavy atom.